The van der Waals surface area contributed by atoms with Gasteiger partial charge in [-0.3, -0.25) is 4.79 Å². The van der Waals surface area contributed by atoms with Gasteiger partial charge in [0.05, 0.1) is 12.5 Å². The summed E-state index contributed by atoms with van der Waals surface area (Å²) in [5.41, 5.74) is 0.346. The lowest BCUT2D eigenvalue weighted by Crippen LogP contribution is -2.44. The molecule has 1 unspecified atom stereocenters. The number of likely N-dealkylation sites (tertiary alicyclic amines) is 1. The molecule has 2 N–H and O–H groups in total. The molecule has 6 heteroatoms. The van der Waals surface area contributed by atoms with E-state index in [9.17, 15) is 9.59 Å². The van der Waals surface area contributed by atoms with Gasteiger partial charge in [0.1, 0.15) is 11.7 Å². The van der Waals surface area contributed by atoms with Crippen molar-refractivity contribution in [1.82, 2.24) is 14.9 Å². The number of aromatic amines is 1. The van der Waals surface area contributed by atoms with Crippen LogP contribution in [-0.4, -0.2) is 44.4 Å². The van der Waals surface area contributed by atoms with E-state index in [0.717, 1.165) is 19.3 Å². The summed E-state index contributed by atoms with van der Waals surface area (Å²) in [6.07, 6.45) is 6.03. The Bertz CT molecular complexity index is 402. The first-order valence-corrected chi connectivity index (χ1v) is 5.72. The summed E-state index contributed by atoms with van der Waals surface area (Å²) in [5, 5.41) is 9.16. The smallest absolute Gasteiger partial charge is 0.326 e. The third-order valence-corrected chi connectivity index (χ3v) is 3.03. The minimum Gasteiger partial charge on any atom is -0.480 e. The largest absolute Gasteiger partial charge is 0.480 e. The maximum Gasteiger partial charge on any atom is 0.326 e. The quantitative estimate of drug-likeness (QED) is 0.799. The van der Waals surface area contributed by atoms with Crippen molar-refractivity contribution in [3.05, 3.63) is 18.2 Å². The van der Waals surface area contributed by atoms with Crippen LogP contribution in [0.3, 0.4) is 0 Å². The van der Waals surface area contributed by atoms with Gasteiger partial charge in [0.2, 0.25) is 0 Å². The van der Waals surface area contributed by atoms with Crippen molar-refractivity contribution in [3.8, 4) is 0 Å². The van der Waals surface area contributed by atoms with E-state index in [1.54, 1.807) is 0 Å². The lowest BCUT2D eigenvalue weighted by molar-refractivity contribution is -0.142. The third kappa shape index (κ3) is 2.46. The second-order valence-electron chi connectivity index (χ2n) is 4.17. The Balaban J connectivity index is 2.20. The zero-order chi connectivity index (χ0) is 12.3. The van der Waals surface area contributed by atoms with Crippen LogP contribution in [0.2, 0.25) is 0 Å². The molecule has 1 aliphatic heterocycles. The summed E-state index contributed by atoms with van der Waals surface area (Å²) in [6, 6.07) is -0.715. The summed E-state index contributed by atoms with van der Waals surface area (Å²) in [6.45, 7) is 0.495. The first kappa shape index (κ1) is 11.6. The number of carbonyl (C=O) groups is 2. The molecule has 2 heterocycles. The molecule has 0 aromatic carbocycles. The Morgan fingerprint density at radius 1 is 1.41 bits per heavy atom. The molecule has 1 aromatic rings. The summed E-state index contributed by atoms with van der Waals surface area (Å²) < 4.78 is 0. The van der Waals surface area contributed by atoms with Gasteiger partial charge in [-0.15, -0.1) is 0 Å². The van der Waals surface area contributed by atoms with Crippen molar-refractivity contribution in [2.45, 2.75) is 31.7 Å². The Hall–Kier alpha value is -1.85. The molecule has 1 aromatic heterocycles. The molecule has 0 radical (unpaired) electrons. The highest BCUT2D eigenvalue weighted by atomic mass is 16.4. The predicted molar refractivity (Wildman–Crippen MR) is 59.5 cm³/mol. The summed E-state index contributed by atoms with van der Waals surface area (Å²) in [4.78, 5) is 31.2. The molecule has 1 amide bonds. The second-order valence-corrected chi connectivity index (χ2v) is 4.17. The average molecular weight is 237 g/mol. The summed E-state index contributed by atoms with van der Waals surface area (Å²) in [5.74, 6) is -1.21. The zero-order valence-electron chi connectivity index (χ0n) is 9.43. The van der Waals surface area contributed by atoms with Gasteiger partial charge in [-0.1, -0.05) is 12.8 Å². The number of H-pyrrole nitrogens is 1. The molecule has 0 bridgehead atoms. The van der Waals surface area contributed by atoms with Crippen LogP contribution in [0.4, 0.5) is 0 Å². The van der Waals surface area contributed by atoms with Crippen LogP contribution in [-0.2, 0) is 4.79 Å². The lowest BCUT2D eigenvalue weighted by atomic mass is 10.1. The predicted octanol–water partition coefficient (Wildman–Crippen LogP) is 0.879. The van der Waals surface area contributed by atoms with E-state index in [4.69, 9.17) is 5.11 Å². The van der Waals surface area contributed by atoms with Gasteiger partial charge in [-0.25, -0.2) is 9.78 Å². The fourth-order valence-electron chi connectivity index (χ4n) is 2.14. The molecular weight excluding hydrogens is 222 g/mol. The average Bonchev–Trinajstić information content (AvgIpc) is 2.71. The summed E-state index contributed by atoms with van der Waals surface area (Å²) >= 11 is 0. The molecule has 17 heavy (non-hydrogen) atoms. The number of carboxylic acid groups (broad SMARTS) is 1. The van der Waals surface area contributed by atoms with Gasteiger partial charge >= 0.3 is 5.97 Å². The monoisotopic (exact) mass is 237 g/mol. The van der Waals surface area contributed by atoms with Crippen LogP contribution in [0.15, 0.2) is 12.5 Å². The van der Waals surface area contributed by atoms with Gasteiger partial charge < -0.3 is 15.0 Å². The molecule has 1 aliphatic rings. The van der Waals surface area contributed by atoms with E-state index in [1.807, 2.05) is 0 Å². The number of imidazole rings is 1. The van der Waals surface area contributed by atoms with E-state index in [-0.39, 0.29) is 5.91 Å². The van der Waals surface area contributed by atoms with E-state index < -0.39 is 12.0 Å². The molecule has 92 valence electrons. The van der Waals surface area contributed by atoms with Crippen molar-refractivity contribution >= 4 is 11.9 Å². The highest BCUT2D eigenvalue weighted by molar-refractivity contribution is 5.94. The van der Waals surface area contributed by atoms with Gasteiger partial charge in [0, 0.05) is 6.54 Å². The topological polar surface area (TPSA) is 86.3 Å². The Morgan fingerprint density at radius 3 is 2.88 bits per heavy atom. The fourth-order valence-corrected chi connectivity index (χ4v) is 2.14. The van der Waals surface area contributed by atoms with Gasteiger partial charge in [0.15, 0.2) is 0 Å². The number of hydrogen-bond acceptors (Lipinski definition) is 3. The van der Waals surface area contributed by atoms with Crippen molar-refractivity contribution in [1.29, 1.82) is 0 Å². The van der Waals surface area contributed by atoms with Crippen LogP contribution < -0.4 is 0 Å². The van der Waals surface area contributed by atoms with Crippen LogP contribution in [0, 0.1) is 0 Å². The van der Waals surface area contributed by atoms with E-state index in [2.05, 4.69) is 9.97 Å². The maximum absolute atomic E-state index is 12.1. The number of carbonyl (C=O) groups excluding carboxylic acids is 1. The number of aromatic nitrogens is 2. The highest BCUT2D eigenvalue weighted by Gasteiger charge is 2.31. The number of hydrogen-bond donors (Lipinski definition) is 2. The minimum atomic E-state index is -0.931. The van der Waals surface area contributed by atoms with Crippen LogP contribution >= 0.6 is 0 Å². The second kappa shape index (κ2) is 4.99. The molecule has 0 aliphatic carbocycles. The van der Waals surface area contributed by atoms with Crippen molar-refractivity contribution in [3.63, 3.8) is 0 Å². The Kier molecular flexibility index (Phi) is 3.41. The number of nitrogens with one attached hydrogen (secondary N) is 1. The van der Waals surface area contributed by atoms with Crippen LogP contribution in [0.5, 0.6) is 0 Å². The van der Waals surface area contributed by atoms with Crippen LogP contribution in [0.25, 0.3) is 0 Å². The number of nitrogens with zero attached hydrogens (tertiary/aromatic N) is 2. The van der Waals surface area contributed by atoms with Gasteiger partial charge in [-0.05, 0) is 12.8 Å². The molecule has 0 spiro atoms. The standard InChI is InChI=1S/C11H15N3O3/c15-10(8-6-12-7-13-8)14-5-3-1-2-4-9(14)11(16)17/h6-7,9H,1-5H2,(H,12,13)(H,16,17). The molecule has 1 saturated heterocycles. The first-order chi connectivity index (χ1) is 8.20. The molecular formula is C11H15N3O3. The number of aliphatic carboxylic acids is 1. The fraction of sp³-hybridized carbons (Fsp3) is 0.545. The SMILES string of the molecule is O=C(O)C1CCCCCN1C(=O)c1cnc[nH]1. The van der Waals surface area contributed by atoms with E-state index >= 15 is 0 Å². The highest BCUT2D eigenvalue weighted by Crippen LogP contribution is 2.18. The Labute approximate surface area is 98.7 Å². The van der Waals surface area contributed by atoms with Crippen LogP contribution in [0.1, 0.15) is 36.2 Å². The third-order valence-electron chi connectivity index (χ3n) is 3.03. The molecule has 0 saturated carbocycles. The Morgan fingerprint density at radius 2 is 2.24 bits per heavy atom. The number of carboxylic acids is 1. The first-order valence-electron chi connectivity index (χ1n) is 5.72. The molecule has 2 rings (SSSR count). The number of amides is 1. The normalized spacial score (nSPS) is 20.9. The molecule has 1 fully saturated rings. The minimum absolute atomic E-state index is 0.281. The molecule has 6 nitrogen and oxygen atoms in total. The maximum atomic E-state index is 12.1. The molecule has 1 atom stereocenters. The van der Waals surface area contributed by atoms with E-state index in [0.29, 0.717) is 18.7 Å². The van der Waals surface area contributed by atoms with Gasteiger partial charge in [-0.2, -0.15) is 0 Å². The number of rotatable bonds is 2. The van der Waals surface area contributed by atoms with Crippen molar-refractivity contribution in [2.24, 2.45) is 0 Å². The van der Waals surface area contributed by atoms with Gasteiger partial charge in [0.25, 0.3) is 5.91 Å². The van der Waals surface area contributed by atoms with E-state index in [1.165, 1.54) is 17.4 Å². The van der Waals surface area contributed by atoms with Crippen molar-refractivity contribution in [2.75, 3.05) is 6.54 Å². The lowest BCUT2D eigenvalue weighted by Gasteiger charge is -2.26. The van der Waals surface area contributed by atoms with Crippen molar-refractivity contribution < 1.29 is 14.7 Å². The zero-order valence-corrected chi connectivity index (χ0v) is 9.43. The summed E-state index contributed by atoms with van der Waals surface area (Å²) in [7, 11) is 0.